The van der Waals surface area contributed by atoms with Crippen LogP contribution in [0.15, 0.2) is 0 Å². The van der Waals surface area contributed by atoms with Crippen LogP contribution in [0.5, 0.6) is 0 Å². The highest BCUT2D eigenvalue weighted by atomic mass is 19.3. The summed E-state index contributed by atoms with van der Waals surface area (Å²) in [7, 11) is 0. The number of halogens is 2. The lowest BCUT2D eigenvalue weighted by Crippen LogP contribution is -2.56. The Morgan fingerprint density at radius 2 is 1.75 bits per heavy atom. The van der Waals surface area contributed by atoms with Crippen molar-refractivity contribution >= 4 is 5.97 Å². The van der Waals surface area contributed by atoms with Crippen molar-refractivity contribution in [3.63, 3.8) is 0 Å². The average molecular weight is 233 g/mol. The van der Waals surface area contributed by atoms with Gasteiger partial charge in [-0.2, -0.15) is 0 Å². The van der Waals surface area contributed by atoms with Crippen LogP contribution in [0.25, 0.3) is 0 Å². The predicted octanol–water partition coefficient (Wildman–Crippen LogP) is 2.00. The number of carboxylic acids is 1. The van der Waals surface area contributed by atoms with Gasteiger partial charge >= 0.3 is 5.97 Å². The minimum Gasteiger partial charge on any atom is -0.481 e. The number of alkyl halides is 2. The number of carbonyl (C=O) groups is 1. The van der Waals surface area contributed by atoms with Gasteiger partial charge in [-0.25, -0.2) is 8.78 Å². The molecule has 0 aromatic heterocycles. The number of nitrogens with two attached hydrogens (primary N) is 1. The minimum atomic E-state index is -2.60. The monoisotopic (exact) mass is 233 g/mol. The smallest absolute Gasteiger partial charge is 0.310 e. The van der Waals surface area contributed by atoms with Gasteiger partial charge in [0.05, 0.1) is 5.41 Å². The van der Waals surface area contributed by atoms with Crippen molar-refractivity contribution in [3.8, 4) is 0 Å². The first-order valence-electron chi connectivity index (χ1n) is 5.72. The second kappa shape index (κ2) is 3.65. The lowest BCUT2D eigenvalue weighted by Gasteiger charge is -2.49. The van der Waals surface area contributed by atoms with Crippen LogP contribution in [0, 0.1) is 11.3 Å². The quantitative estimate of drug-likeness (QED) is 0.766. The Kier molecular flexibility index (Phi) is 2.69. The minimum absolute atomic E-state index is 0.0708. The summed E-state index contributed by atoms with van der Waals surface area (Å²) in [6.07, 6.45) is 1.15. The zero-order chi connectivity index (χ0) is 12.0. The second-order valence-electron chi connectivity index (χ2n) is 5.26. The summed E-state index contributed by atoms with van der Waals surface area (Å²) in [5, 5.41) is 9.24. The van der Waals surface area contributed by atoms with E-state index in [1.165, 1.54) is 0 Å². The molecule has 2 saturated carbocycles. The number of hydrogen-bond donors (Lipinski definition) is 2. The van der Waals surface area contributed by atoms with Crippen molar-refractivity contribution in [2.45, 2.75) is 50.5 Å². The Bertz CT molecular complexity index is 290. The largest absolute Gasteiger partial charge is 0.481 e. The van der Waals surface area contributed by atoms with E-state index in [1.807, 2.05) is 0 Å². The summed E-state index contributed by atoms with van der Waals surface area (Å²) in [6.45, 7) is 0. The summed E-state index contributed by atoms with van der Waals surface area (Å²) in [6, 6.07) is -0.0708. The van der Waals surface area contributed by atoms with Crippen LogP contribution in [0.1, 0.15) is 38.5 Å². The van der Waals surface area contributed by atoms with Crippen LogP contribution in [0.4, 0.5) is 8.78 Å². The van der Waals surface area contributed by atoms with E-state index in [9.17, 15) is 18.7 Å². The van der Waals surface area contributed by atoms with Crippen molar-refractivity contribution in [1.82, 2.24) is 0 Å². The van der Waals surface area contributed by atoms with Gasteiger partial charge in [-0.05, 0) is 31.6 Å². The number of carboxylic acid groups (broad SMARTS) is 1. The molecule has 3 nitrogen and oxygen atoms in total. The zero-order valence-electron chi connectivity index (χ0n) is 9.09. The van der Waals surface area contributed by atoms with E-state index >= 15 is 0 Å². The first-order valence-corrected chi connectivity index (χ1v) is 5.72. The van der Waals surface area contributed by atoms with Crippen LogP contribution in [-0.2, 0) is 4.79 Å². The molecule has 0 spiro atoms. The molecule has 2 rings (SSSR count). The topological polar surface area (TPSA) is 63.3 Å². The van der Waals surface area contributed by atoms with Crippen LogP contribution in [0.3, 0.4) is 0 Å². The van der Waals surface area contributed by atoms with Gasteiger partial charge < -0.3 is 10.8 Å². The molecule has 0 radical (unpaired) electrons. The summed E-state index contributed by atoms with van der Waals surface area (Å²) in [4.78, 5) is 11.3. The first kappa shape index (κ1) is 11.8. The Morgan fingerprint density at radius 1 is 1.25 bits per heavy atom. The molecule has 2 aliphatic rings. The molecular weight excluding hydrogens is 216 g/mol. The predicted molar refractivity (Wildman–Crippen MR) is 54.2 cm³/mol. The third kappa shape index (κ3) is 1.81. The molecule has 2 fully saturated rings. The molecule has 92 valence electrons. The summed E-state index contributed by atoms with van der Waals surface area (Å²) >= 11 is 0. The van der Waals surface area contributed by atoms with E-state index in [2.05, 4.69) is 0 Å². The Morgan fingerprint density at radius 3 is 2.12 bits per heavy atom. The molecule has 0 aliphatic heterocycles. The molecule has 0 unspecified atom stereocenters. The maximum absolute atomic E-state index is 13.0. The highest BCUT2D eigenvalue weighted by molar-refractivity contribution is 5.76. The molecule has 2 aliphatic carbocycles. The molecule has 0 aromatic rings. The molecule has 5 heteroatoms. The van der Waals surface area contributed by atoms with Gasteiger partial charge in [0.15, 0.2) is 0 Å². The van der Waals surface area contributed by atoms with E-state index in [1.54, 1.807) is 0 Å². The molecule has 16 heavy (non-hydrogen) atoms. The van der Waals surface area contributed by atoms with Crippen LogP contribution >= 0.6 is 0 Å². The molecule has 0 aromatic carbocycles. The molecule has 0 amide bonds. The fraction of sp³-hybridized carbons (Fsp3) is 0.909. The summed E-state index contributed by atoms with van der Waals surface area (Å²) in [5.74, 6) is -3.57. The Hall–Kier alpha value is -0.710. The maximum atomic E-state index is 13.0. The van der Waals surface area contributed by atoms with E-state index in [0.717, 1.165) is 0 Å². The highest BCUT2D eigenvalue weighted by Crippen LogP contribution is 2.53. The van der Waals surface area contributed by atoms with Crippen molar-refractivity contribution in [2.24, 2.45) is 17.1 Å². The van der Waals surface area contributed by atoms with Crippen molar-refractivity contribution in [1.29, 1.82) is 0 Å². The normalized spacial score (nSPS) is 39.1. The molecule has 0 heterocycles. The van der Waals surface area contributed by atoms with Crippen molar-refractivity contribution in [2.75, 3.05) is 0 Å². The van der Waals surface area contributed by atoms with E-state index in [0.29, 0.717) is 25.7 Å². The second-order valence-corrected chi connectivity index (χ2v) is 5.26. The maximum Gasteiger partial charge on any atom is 0.310 e. The summed E-state index contributed by atoms with van der Waals surface area (Å²) in [5.41, 5.74) is 4.83. The highest BCUT2D eigenvalue weighted by Gasteiger charge is 2.55. The molecule has 0 saturated heterocycles. The van der Waals surface area contributed by atoms with Crippen LogP contribution in [0.2, 0.25) is 0 Å². The number of aliphatic carboxylic acids is 1. The standard InChI is InChI=1S/C11H17F2NO2/c12-11(13)3-1-7(2-4-11)10(9(15)16)5-8(14)6-10/h7-8H,1-6,14H2,(H,15,16). The zero-order valence-corrected chi connectivity index (χ0v) is 9.09. The van der Waals surface area contributed by atoms with Gasteiger partial charge in [0.1, 0.15) is 0 Å². The molecular formula is C11H17F2NO2. The van der Waals surface area contributed by atoms with Gasteiger partial charge in [-0.3, -0.25) is 4.79 Å². The fourth-order valence-electron chi connectivity index (χ4n) is 3.15. The molecule has 3 N–H and O–H groups in total. The van der Waals surface area contributed by atoms with E-state index in [-0.39, 0.29) is 24.8 Å². The van der Waals surface area contributed by atoms with Gasteiger partial charge in [0.25, 0.3) is 0 Å². The van der Waals surface area contributed by atoms with Crippen LogP contribution < -0.4 is 5.73 Å². The first-order chi connectivity index (χ1) is 7.36. The Labute approximate surface area is 93.0 Å². The van der Waals surface area contributed by atoms with E-state index < -0.39 is 17.3 Å². The fourth-order valence-corrected chi connectivity index (χ4v) is 3.15. The van der Waals surface area contributed by atoms with Crippen molar-refractivity contribution in [3.05, 3.63) is 0 Å². The lowest BCUT2D eigenvalue weighted by atomic mass is 9.55. The van der Waals surface area contributed by atoms with Crippen molar-refractivity contribution < 1.29 is 18.7 Å². The summed E-state index contributed by atoms with van der Waals surface area (Å²) < 4.78 is 26.0. The average Bonchev–Trinajstić information content (AvgIpc) is 2.12. The lowest BCUT2D eigenvalue weighted by molar-refractivity contribution is -0.166. The third-order valence-corrected chi connectivity index (χ3v) is 4.18. The van der Waals surface area contributed by atoms with E-state index in [4.69, 9.17) is 5.73 Å². The van der Waals surface area contributed by atoms with Gasteiger partial charge in [-0.1, -0.05) is 0 Å². The number of hydrogen-bond acceptors (Lipinski definition) is 2. The number of rotatable bonds is 2. The van der Waals surface area contributed by atoms with Gasteiger partial charge in [0.2, 0.25) is 5.92 Å². The Balaban J connectivity index is 2.04. The molecule has 0 atom stereocenters. The SMILES string of the molecule is NC1CC(C(=O)O)(C2CCC(F)(F)CC2)C1. The molecule has 0 bridgehead atoms. The van der Waals surface area contributed by atoms with Gasteiger partial charge in [0, 0.05) is 18.9 Å². The third-order valence-electron chi connectivity index (χ3n) is 4.18. The van der Waals surface area contributed by atoms with Crippen LogP contribution in [-0.4, -0.2) is 23.0 Å². The van der Waals surface area contributed by atoms with Gasteiger partial charge in [-0.15, -0.1) is 0 Å².